The number of benzene rings is 1. The molecular formula is C18H20O2. The number of ether oxygens (including phenoxy) is 1. The van der Waals surface area contributed by atoms with Gasteiger partial charge in [0.15, 0.2) is 0 Å². The number of carbonyl (C=O) groups excluding carboxylic acids is 1. The zero-order chi connectivity index (χ0) is 14.4. The Labute approximate surface area is 120 Å². The fraction of sp³-hybridized carbons (Fsp3) is 0.278. The molecule has 20 heavy (non-hydrogen) atoms. The predicted octanol–water partition coefficient (Wildman–Crippen LogP) is 4.22. The van der Waals surface area contributed by atoms with E-state index in [0.717, 1.165) is 24.0 Å². The van der Waals surface area contributed by atoms with Crippen LogP contribution in [0.3, 0.4) is 0 Å². The van der Waals surface area contributed by atoms with E-state index in [-0.39, 0.29) is 5.97 Å². The second-order valence-corrected chi connectivity index (χ2v) is 4.86. The highest BCUT2D eigenvalue weighted by Crippen LogP contribution is 2.27. The third-order valence-corrected chi connectivity index (χ3v) is 3.17. The predicted molar refractivity (Wildman–Crippen MR) is 82.2 cm³/mol. The van der Waals surface area contributed by atoms with Gasteiger partial charge in [-0.25, -0.2) is 4.79 Å². The smallest absolute Gasteiger partial charge is 0.338 e. The van der Waals surface area contributed by atoms with Gasteiger partial charge in [-0.2, -0.15) is 0 Å². The summed E-state index contributed by atoms with van der Waals surface area (Å²) < 4.78 is 5.29. The van der Waals surface area contributed by atoms with Crippen molar-refractivity contribution in [3.8, 4) is 0 Å². The maximum absolute atomic E-state index is 12.2. The molecule has 0 bridgehead atoms. The van der Waals surface area contributed by atoms with Crippen LogP contribution in [-0.4, -0.2) is 12.6 Å². The Morgan fingerprint density at radius 3 is 2.70 bits per heavy atom. The molecule has 104 valence electrons. The molecule has 0 atom stereocenters. The Morgan fingerprint density at radius 1 is 1.25 bits per heavy atom. The lowest BCUT2D eigenvalue weighted by Gasteiger charge is -2.11. The van der Waals surface area contributed by atoms with Crippen molar-refractivity contribution in [3.63, 3.8) is 0 Å². The summed E-state index contributed by atoms with van der Waals surface area (Å²) in [5, 5.41) is 0. The number of carbonyl (C=O) groups is 1. The molecule has 1 aromatic carbocycles. The normalized spacial score (nSPS) is 14.3. The van der Waals surface area contributed by atoms with Crippen LogP contribution in [0, 0.1) is 6.92 Å². The van der Waals surface area contributed by atoms with E-state index in [1.807, 2.05) is 43.4 Å². The second kappa shape index (κ2) is 6.90. The Morgan fingerprint density at radius 2 is 2.00 bits per heavy atom. The Bertz CT molecular complexity index is 560. The van der Waals surface area contributed by atoms with E-state index in [4.69, 9.17) is 4.74 Å². The molecule has 1 aliphatic carbocycles. The fourth-order valence-corrected chi connectivity index (χ4v) is 2.08. The molecule has 0 unspecified atom stereocenters. The van der Waals surface area contributed by atoms with E-state index in [0.29, 0.717) is 12.2 Å². The lowest BCUT2D eigenvalue weighted by atomic mass is 9.96. The van der Waals surface area contributed by atoms with Gasteiger partial charge in [-0.1, -0.05) is 61.1 Å². The highest BCUT2D eigenvalue weighted by Gasteiger charge is 2.17. The molecule has 0 N–H and O–H groups in total. The van der Waals surface area contributed by atoms with Crippen molar-refractivity contribution in [2.24, 2.45) is 0 Å². The summed E-state index contributed by atoms with van der Waals surface area (Å²) in [5.74, 6) is -0.234. The lowest BCUT2D eigenvalue weighted by Crippen LogP contribution is -2.10. The first kappa shape index (κ1) is 14.3. The number of hydrogen-bond acceptors (Lipinski definition) is 2. The van der Waals surface area contributed by atoms with Crippen LogP contribution in [0.5, 0.6) is 0 Å². The van der Waals surface area contributed by atoms with Gasteiger partial charge in [0.1, 0.15) is 0 Å². The van der Waals surface area contributed by atoms with Crippen LogP contribution in [0.15, 0.2) is 54.1 Å². The summed E-state index contributed by atoms with van der Waals surface area (Å²) in [4.78, 5) is 12.2. The number of hydrogen-bond donors (Lipinski definition) is 0. The van der Waals surface area contributed by atoms with Crippen molar-refractivity contribution in [1.82, 2.24) is 0 Å². The molecule has 0 saturated carbocycles. The standard InChI is InChI=1S/C18H20O2/c1-3-13-20-18(19)17-8-6-4-5-7-16(17)15-11-9-14(2)10-12-15/h4-5,7-12H,3,6,13H2,1-2H3. The largest absolute Gasteiger partial charge is 0.462 e. The van der Waals surface area contributed by atoms with Crippen LogP contribution in [0.1, 0.15) is 30.9 Å². The molecule has 0 fully saturated rings. The zero-order valence-electron chi connectivity index (χ0n) is 12.1. The molecule has 0 heterocycles. The molecule has 0 spiro atoms. The third kappa shape index (κ3) is 3.47. The van der Waals surface area contributed by atoms with Crippen molar-refractivity contribution in [3.05, 3.63) is 65.3 Å². The average molecular weight is 268 g/mol. The van der Waals surface area contributed by atoms with E-state index < -0.39 is 0 Å². The molecule has 2 rings (SSSR count). The fourth-order valence-electron chi connectivity index (χ4n) is 2.08. The van der Waals surface area contributed by atoms with Gasteiger partial charge in [0.05, 0.1) is 12.2 Å². The monoisotopic (exact) mass is 268 g/mol. The van der Waals surface area contributed by atoms with Crippen molar-refractivity contribution in [2.75, 3.05) is 6.61 Å². The molecular weight excluding hydrogens is 248 g/mol. The molecule has 0 amide bonds. The number of aryl methyl sites for hydroxylation is 1. The topological polar surface area (TPSA) is 26.3 Å². The van der Waals surface area contributed by atoms with Gasteiger partial charge in [0.2, 0.25) is 0 Å². The van der Waals surface area contributed by atoms with Gasteiger partial charge in [0.25, 0.3) is 0 Å². The van der Waals surface area contributed by atoms with Crippen LogP contribution < -0.4 is 0 Å². The summed E-state index contributed by atoms with van der Waals surface area (Å²) in [6.07, 6.45) is 9.53. The first-order chi connectivity index (χ1) is 9.72. The minimum absolute atomic E-state index is 0.234. The van der Waals surface area contributed by atoms with Crippen molar-refractivity contribution >= 4 is 11.5 Å². The highest BCUT2D eigenvalue weighted by atomic mass is 16.5. The van der Waals surface area contributed by atoms with Crippen molar-refractivity contribution in [1.29, 1.82) is 0 Å². The van der Waals surface area contributed by atoms with E-state index in [9.17, 15) is 4.79 Å². The molecule has 0 radical (unpaired) electrons. The average Bonchev–Trinajstić information content (AvgIpc) is 2.71. The Balaban J connectivity index is 2.31. The summed E-state index contributed by atoms with van der Waals surface area (Å²) in [5.41, 5.74) is 3.84. The summed E-state index contributed by atoms with van der Waals surface area (Å²) >= 11 is 0. The van der Waals surface area contributed by atoms with Crippen LogP contribution in [-0.2, 0) is 9.53 Å². The van der Waals surface area contributed by atoms with Gasteiger partial charge in [0, 0.05) is 0 Å². The first-order valence-corrected chi connectivity index (χ1v) is 7.04. The number of rotatable bonds is 4. The van der Waals surface area contributed by atoms with Gasteiger partial charge in [-0.3, -0.25) is 0 Å². The maximum atomic E-state index is 12.2. The minimum Gasteiger partial charge on any atom is -0.462 e. The maximum Gasteiger partial charge on any atom is 0.338 e. The lowest BCUT2D eigenvalue weighted by molar-refractivity contribution is -0.138. The van der Waals surface area contributed by atoms with E-state index in [1.54, 1.807) is 0 Å². The van der Waals surface area contributed by atoms with E-state index >= 15 is 0 Å². The Hall–Kier alpha value is -2.09. The SMILES string of the molecule is CCCOC(=O)C1=CCC=CC=C1c1ccc(C)cc1. The molecule has 2 heteroatoms. The van der Waals surface area contributed by atoms with Crippen molar-refractivity contribution < 1.29 is 9.53 Å². The summed E-state index contributed by atoms with van der Waals surface area (Å²) in [6, 6.07) is 8.20. The number of esters is 1. The van der Waals surface area contributed by atoms with Crippen molar-refractivity contribution in [2.45, 2.75) is 26.7 Å². The molecule has 1 aromatic rings. The molecule has 0 aliphatic heterocycles. The number of allylic oxidation sites excluding steroid dienone is 4. The minimum atomic E-state index is -0.234. The quantitative estimate of drug-likeness (QED) is 0.764. The Kier molecular flexibility index (Phi) is 4.94. The van der Waals surface area contributed by atoms with Crippen LogP contribution in [0.4, 0.5) is 0 Å². The van der Waals surface area contributed by atoms with Crippen LogP contribution >= 0.6 is 0 Å². The first-order valence-electron chi connectivity index (χ1n) is 7.04. The molecule has 0 saturated heterocycles. The third-order valence-electron chi connectivity index (χ3n) is 3.17. The molecule has 2 nitrogen and oxygen atoms in total. The summed E-state index contributed by atoms with van der Waals surface area (Å²) in [7, 11) is 0. The highest BCUT2D eigenvalue weighted by molar-refractivity contribution is 6.06. The summed E-state index contributed by atoms with van der Waals surface area (Å²) in [6.45, 7) is 4.51. The molecule has 0 aromatic heterocycles. The zero-order valence-corrected chi connectivity index (χ0v) is 12.1. The van der Waals surface area contributed by atoms with Gasteiger partial charge in [-0.05, 0) is 30.9 Å². The second-order valence-electron chi connectivity index (χ2n) is 4.86. The van der Waals surface area contributed by atoms with E-state index in [2.05, 4.69) is 19.1 Å². The van der Waals surface area contributed by atoms with Crippen LogP contribution in [0.2, 0.25) is 0 Å². The van der Waals surface area contributed by atoms with Gasteiger partial charge in [-0.15, -0.1) is 0 Å². The molecule has 1 aliphatic rings. The van der Waals surface area contributed by atoms with Gasteiger partial charge < -0.3 is 4.74 Å². The van der Waals surface area contributed by atoms with E-state index in [1.165, 1.54) is 5.56 Å². The van der Waals surface area contributed by atoms with Gasteiger partial charge >= 0.3 is 5.97 Å². The van der Waals surface area contributed by atoms with Crippen LogP contribution in [0.25, 0.3) is 5.57 Å².